The second kappa shape index (κ2) is 12.3. The number of hydrogen-bond donors (Lipinski definition) is 1. The van der Waals surface area contributed by atoms with Crippen molar-refractivity contribution in [3.63, 3.8) is 0 Å². The fraction of sp³-hybridized carbons (Fsp3) is 0.944. The summed E-state index contributed by atoms with van der Waals surface area (Å²) in [6.07, 6.45) is -20.4. The highest BCUT2D eigenvalue weighted by Gasteiger charge is 2.82. The Morgan fingerprint density at radius 3 is 1.07 bits per heavy atom. The highest BCUT2D eigenvalue weighted by molar-refractivity contribution is 8.19. The Kier molecular flexibility index (Phi) is 11.9. The quantitative estimate of drug-likeness (QED) is 0.131. The average molecular weight is 672 g/mol. The van der Waals surface area contributed by atoms with Gasteiger partial charge in [0.25, 0.3) is 0 Å². The van der Waals surface area contributed by atoms with Gasteiger partial charge in [-0.25, -0.2) is 4.79 Å². The molecule has 0 radical (unpaired) electrons. The van der Waals surface area contributed by atoms with Crippen LogP contribution in [0.2, 0.25) is 0 Å². The Morgan fingerprint density at radius 2 is 0.850 bits per heavy atom. The Morgan fingerprint density at radius 1 is 0.550 bits per heavy atom. The molecule has 0 aliphatic heterocycles. The van der Waals surface area contributed by atoms with Crippen molar-refractivity contribution in [2.75, 3.05) is 11.5 Å². The molecule has 0 aromatic heterocycles. The van der Waals surface area contributed by atoms with Crippen LogP contribution in [-0.4, -0.2) is 74.5 Å². The van der Waals surface area contributed by atoms with Crippen LogP contribution in [0.3, 0.4) is 0 Å². The van der Waals surface area contributed by atoms with E-state index in [-0.39, 0.29) is 12.8 Å². The van der Waals surface area contributed by atoms with Crippen molar-refractivity contribution in [1.82, 2.24) is 0 Å². The van der Waals surface area contributed by atoms with Crippen molar-refractivity contribution in [3.05, 3.63) is 0 Å². The fourth-order valence-corrected chi connectivity index (χ4v) is 5.68. The summed E-state index contributed by atoms with van der Waals surface area (Å²) in [5.74, 6) is -46.4. The lowest BCUT2D eigenvalue weighted by Crippen LogP contribution is -2.61. The third-order valence-corrected chi connectivity index (χ3v) is 8.32. The molecular formula is C18H18F18O2S2. The van der Waals surface area contributed by atoms with E-state index in [4.69, 9.17) is 0 Å². The lowest BCUT2D eigenvalue weighted by atomic mass is 10.0. The van der Waals surface area contributed by atoms with Gasteiger partial charge in [-0.05, 0) is 6.42 Å². The molecule has 0 spiro atoms. The summed E-state index contributed by atoms with van der Waals surface area (Å²) in [5.41, 5.74) is 0. The molecule has 240 valence electrons. The van der Waals surface area contributed by atoms with E-state index in [1.54, 1.807) is 0 Å². The van der Waals surface area contributed by atoms with Gasteiger partial charge in [-0.1, -0.05) is 19.8 Å². The van der Waals surface area contributed by atoms with Crippen LogP contribution in [0.25, 0.3) is 0 Å². The molecule has 0 aromatic carbocycles. The summed E-state index contributed by atoms with van der Waals surface area (Å²) in [6.45, 7) is 1.35. The zero-order chi connectivity index (χ0) is 32.4. The van der Waals surface area contributed by atoms with E-state index in [0.717, 1.165) is 0 Å². The second-order valence-corrected chi connectivity index (χ2v) is 11.1. The van der Waals surface area contributed by atoms with Crippen molar-refractivity contribution in [2.24, 2.45) is 0 Å². The van der Waals surface area contributed by atoms with E-state index in [9.17, 15) is 88.9 Å². The Balaban J connectivity index is 5.92. The standard InChI is InChI=1S/C18H18F18O2S2/c1-2-3-4-10(9(37)38,39-7-5-11(19,20)13(23,24)15(27,28)17(31,32)33)40-8-6-12(21,22)14(25,26)16(29,30)18(34,35)36/h2-8H2,1H3,(H,37,38). The number of carboxylic acid groups (broad SMARTS) is 1. The molecule has 0 bridgehead atoms. The predicted molar refractivity (Wildman–Crippen MR) is 106 cm³/mol. The van der Waals surface area contributed by atoms with Crippen LogP contribution in [0.15, 0.2) is 0 Å². The smallest absolute Gasteiger partial charge is 0.460 e. The maximum absolute atomic E-state index is 13.8. The van der Waals surface area contributed by atoms with Crippen LogP contribution in [-0.2, 0) is 4.79 Å². The first kappa shape index (κ1) is 38.9. The third-order valence-electron chi connectivity index (χ3n) is 5.11. The zero-order valence-electron chi connectivity index (χ0n) is 19.4. The van der Waals surface area contributed by atoms with E-state index in [1.165, 1.54) is 6.92 Å². The number of hydrogen-bond acceptors (Lipinski definition) is 3. The SMILES string of the molecule is CCCCC(SCCC(F)(F)C(F)(F)C(F)(F)C(F)(F)F)(SCCC(F)(F)C(F)(F)C(F)(F)C(F)(F)F)C(=O)O. The molecule has 0 aromatic rings. The van der Waals surface area contributed by atoms with Gasteiger partial charge in [0.15, 0.2) is 4.08 Å². The molecule has 0 unspecified atom stereocenters. The van der Waals surface area contributed by atoms with Gasteiger partial charge >= 0.3 is 53.9 Å². The summed E-state index contributed by atoms with van der Waals surface area (Å²) in [5, 5.41) is 9.45. The van der Waals surface area contributed by atoms with Crippen molar-refractivity contribution >= 4 is 29.5 Å². The highest BCUT2D eigenvalue weighted by atomic mass is 32.2. The first-order valence-corrected chi connectivity index (χ1v) is 12.3. The molecule has 0 saturated carbocycles. The first-order chi connectivity index (χ1) is 17.4. The van der Waals surface area contributed by atoms with E-state index in [0.29, 0.717) is 0 Å². The number of rotatable bonds is 16. The van der Waals surface area contributed by atoms with Gasteiger partial charge in [-0.15, -0.1) is 23.5 Å². The van der Waals surface area contributed by atoms with Gasteiger partial charge in [0.2, 0.25) is 0 Å². The average Bonchev–Trinajstić information content (AvgIpc) is 2.74. The maximum Gasteiger partial charge on any atom is 0.460 e. The molecular weight excluding hydrogens is 654 g/mol. The van der Waals surface area contributed by atoms with E-state index in [1.807, 2.05) is 0 Å². The van der Waals surface area contributed by atoms with E-state index >= 15 is 0 Å². The number of carbonyl (C=O) groups is 1. The third kappa shape index (κ3) is 7.45. The second-order valence-electron chi connectivity index (χ2n) is 8.06. The molecule has 0 fully saturated rings. The minimum absolute atomic E-state index is 0.0359. The minimum Gasteiger partial charge on any atom is -0.480 e. The monoisotopic (exact) mass is 672 g/mol. The Hall–Kier alpha value is -1.09. The molecule has 2 nitrogen and oxygen atoms in total. The number of unbranched alkanes of at least 4 members (excludes halogenated alkanes) is 1. The van der Waals surface area contributed by atoms with Crippen molar-refractivity contribution in [2.45, 2.75) is 91.0 Å². The Labute approximate surface area is 221 Å². The molecule has 1 N–H and O–H groups in total. The van der Waals surface area contributed by atoms with E-state index < -0.39 is 112 Å². The van der Waals surface area contributed by atoms with E-state index in [2.05, 4.69) is 0 Å². The topological polar surface area (TPSA) is 37.3 Å². The normalized spacial score (nSPS) is 15.5. The molecule has 40 heavy (non-hydrogen) atoms. The maximum atomic E-state index is 13.8. The van der Waals surface area contributed by atoms with Crippen LogP contribution in [0, 0.1) is 0 Å². The van der Waals surface area contributed by atoms with Crippen molar-refractivity contribution in [3.8, 4) is 0 Å². The highest BCUT2D eigenvalue weighted by Crippen LogP contribution is 2.56. The van der Waals surface area contributed by atoms with Crippen molar-refractivity contribution in [1.29, 1.82) is 0 Å². The molecule has 0 heterocycles. The molecule has 0 aliphatic carbocycles. The number of alkyl halides is 18. The van der Waals surface area contributed by atoms with Crippen LogP contribution >= 0.6 is 23.5 Å². The summed E-state index contributed by atoms with van der Waals surface area (Å²) < 4.78 is 231. The van der Waals surface area contributed by atoms with Gasteiger partial charge in [0, 0.05) is 24.3 Å². The van der Waals surface area contributed by atoms with Gasteiger partial charge in [-0.3, -0.25) is 0 Å². The molecule has 0 amide bonds. The van der Waals surface area contributed by atoms with Gasteiger partial charge in [0.1, 0.15) is 0 Å². The zero-order valence-corrected chi connectivity index (χ0v) is 21.1. The number of aliphatic carboxylic acids is 1. The summed E-state index contributed by atoms with van der Waals surface area (Å²) >= 11 is -0.781. The number of thioether (sulfide) groups is 2. The molecule has 0 aliphatic rings. The fourth-order valence-electron chi connectivity index (χ4n) is 2.64. The molecule has 22 heteroatoms. The van der Waals surface area contributed by atoms with Crippen LogP contribution in [0.5, 0.6) is 0 Å². The molecule has 0 saturated heterocycles. The minimum atomic E-state index is -7.26. The number of halogens is 18. The van der Waals surface area contributed by atoms with Crippen molar-refractivity contribution < 1.29 is 88.9 Å². The Bertz CT molecular complexity index is 797. The number of carboxylic acids is 1. The molecule has 0 atom stereocenters. The predicted octanol–water partition coefficient (Wildman–Crippen LogP) is 9.14. The van der Waals surface area contributed by atoms with Gasteiger partial charge < -0.3 is 5.11 Å². The summed E-state index contributed by atoms with van der Waals surface area (Å²) in [4.78, 5) is 11.8. The largest absolute Gasteiger partial charge is 0.480 e. The van der Waals surface area contributed by atoms with Crippen LogP contribution < -0.4 is 0 Å². The lowest BCUT2D eigenvalue weighted by Gasteiger charge is -2.35. The van der Waals surface area contributed by atoms with Gasteiger partial charge in [0.05, 0.1) is 0 Å². The lowest BCUT2D eigenvalue weighted by molar-refractivity contribution is -0.396. The summed E-state index contributed by atoms with van der Waals surface area (Å²) in [7, 11) is 0. The van der Waals surface area contributed by atoms with Crippen LogP contribution in [0.4, 0.5) is 79.0 Å². The first-order valence-electron chi connectivity index (χ1n) is 10.3. The van der Waals surface area contributed by atoms with Gasteiger partial charge in [-0.2, -0.15) is 79.0 Å². The molecule has 0 rings (SSSR count). The van der Waals surface area contributed by atoms with Crippen LogP contribution in [0.1, 0.15) is 39.0 Å². The summed E-state index contributed by atoms with van der Waals surface area (Å²) in [6, 6.07) is 0.